The topological polar surface area (TPSA) is 309 Å². The van der Waals surface area contributed by atoms with E-state index in [4.69, 9.17) is 28.7 Å². The van der Waals surface area contributed by atoms with Crippen LogP contribution in [0.1, 0.15) is 52.9 Å². The van der Waals surface area contributed by atoms with Gasteiger partial charge in [-0.25, -0.2) is 4.79 Å². The molecule has 0 saturated heterocycles. The first-order valence-corrected chi connectivity index (χ1v) is 13.0. The maximum Gasteiger partial charge on any atom is 0.326 e. The van der Waals surface area contributed by atoms with Gasteiger partial charge in [-0.05, 0) is 38.5 Å². The highest BCUT2D eigenvalue weighted by Crippen LogP contribution is 2.08. The Labute approximate surface area is 233 Å². The molecular formula is C23H45N11O6. The lowest BCUT2D eigenvalue weighted by molar-refractivity contribution is -0.143. The van der Waals surface area contributed by atoms with Crippen LogP contribution >= 0.6 is 0 Å². The number of carbonyl (C=O) groups excluding carboxylic acids is 4. The molecule has 0 aliphatic rings. The summed E-state index contributed by atoms with van der Waals surface area (Å²) < 4.78 is 0. The summed E-state index contributed by atoms with van der Waals surface area (Å²) in [5.41, 5.74) is 27.0. The molecule has 0 spiro atoms. The molecule has 5 atom stereocenters. The largest absolute Gasteiger partial charge is 0.480 e. The van der Waals surface area contributed by atoms with Crippen LogP contribution in [-0.4, -0.2) is 90.4 Å². The van der Waals surface area contributed by atoms with Gasteiger partial charge in [0.2, 0.25) is 23.6 Å². The number of carboxylic acids is 1. The lowest BCUT2D eigenvalue weighted by Crippen LogP contribution is -2.55. The lowest BCUT2D eigenvalue weighted by atomic mass is 9.99. The minimum atomic E-state index is -1.19. The average molecular weight is 572 g/mol. The fourth-order valence-electron chi connectivity index (χ4n) is 3.31. The molecule has 40 heavy (non-hydrogen) atoms. The minimum Gasteiger partial charge on any atom is -0.480 e. The van der Waals surface area contributed by atoms with E-state index in [1.807, 2.05) is 0 Å². The fourth-order valence-corrected chi connectivity index (χ4v) is 3.31. The molecule has 4 amide bonds. The van der Waals surface area contributed by atoms with Crippen molar-refractivity contribution >= 4 is 41.5 Å². The van der Waals surface area contributed by atoms with Gasteiger partial charge in [-0.1, -0.05) is 20.3 Å². The monoisotopic (exact) mass is 571 g/mol. The summed E-state index contributed by atoms with van der Waals surface area (Å²) in [5.74, 6) is -4.35. The fraction of sp³-hybridized carbons (Fsp3) is 0.696. The van der Waals surface area contributed by atoms with Crippen LogP contribution in [0.25, 0.3) is 0 Å². The van der Waals surface area contributed by atoms with Gasteiger partial charge >= 0.3 is 5.97 Å². The zero-order valence-electron chi connectivity index (χ0n) is 23.3. The Kier molecular flexibility index (Phi) is 17.0. The van der Waals surface area contributed by atoms with Crippen molar-refractivity contribution in [2.24, 2.45) is 44.6 Å². The predicted molar refractivity (Wildman–Crippen MR) is 149 cm³/mol. The van der Waals surface area contributed by atoms with Gasteiger partial charge in [-0.3, -0.25) is 29.2 Å². The molecule has 0 fully saturated rings. The van der Waals surface area contributed by atoms with E-state index in [2.05, 4.69) is 31.3 Å². The molecule has 0 radical (unpaired) electrons. The summed E-state index contributed by atoms with van der Waals surface area (Å²) in [4.78, 5) is 69.2. The zero-order chi connectivity index (χ0) is 30.8. The molecule has 17 heteroatoms. The smallest absolute Gasteiger partial charge is 0.326 e. The van der Waals surface area contributed by atoms with E-state index in [0.717, 1.165) is 0 Å². The number of nitrogens with one attached hydrogen (secondary N) is 4. The molecule has 0 aromatic carbocycles. The molecule has 0 aromatic rings. The SMILES string of the molecule is CC[C@H](C)[C@H](NC(=O)[C@H](C)NC(=O)CNC(=O)[C@H](CCCN=C(N)N)NC(=O)[C@@H](N)CCCN=C(N)N)C(=O)O. The molecule has 0 rings (SSSR count). The lowest BCUT2D eigenvalue weighted by Gasteiger charge is -2.23. The minimum absolute atomic E-state index is 0.0786. The number of hydrogen-bond acceptors (Lipinski definition) is 8. The van der Waals surface area contributed by atoms with Gasteiger partial charge in [-0.15, -0.1) is 0 Å². The highest BCUT2D eigenvalue weighted by Gasteiger charge is 2.28. The van der Waals surface area contributed by atoms with Crippen LogP contribution in [0.15, 0.2) is 9.98 Å². The van der Waals surface area contributed by atoms with Crippen LogP contribution < -0.4 is 49.9 Å². The summed E-state index contributed by atoms with van der Waals surface area (Å²) in [6.45, 7) is 4.84. The average Bonchev–Trinajstić information content (AvgIpc) is 2.88. The molecule has 0 aromatic heterocycles. The number of aliphatic imine (C=N–C) groups is 2. The van der Waals surface area contributed by atoms with Gasteiger partial charge < -0.3 is 55.0 Å². The van der Waals surface area contributed by atoms with Gasteiger partial charge in [0.05, 0.1) is 12.6 Å². The highest BCUT2D eigenvalue weighted by atomic mass is 16.4. The van der Waals surface area contributed by atoms with Gasteiger partial charge in [0, 0.05) is 13.1 Å². The van der Waals surface area contributed by atoms with Crippen molar-refractivity contribution < 1.29 is 29.1 Å². The normalized spacial score (nSPS) is 14.3. The molecule has 0 aliphatic carbocycles. The van der Waals surface area contributed by atoms with Crippen molar-refractivity contribution in [1.29, 1.82) is 0 Å². The first-order chi connectivity index (χ1) is 18.7. The Balaban J connectivity index is 5.05. The predicted octanol–water partition coefficient (Wildman–Crippen LogP) is -3.86. The Morgan fingerprint density at radius 3 is 1.85 bits per heavy atom. The maximum atomic E-state index is 12.8. The summed E-state index contributed by atoms with van der Waals surface area (Å²) in [7, 11) is 0. The number of carboxylic acid groups (broad SMARTS) is 1. The highest BCUT2D eigenvalue weighted by molar-refractivity contribution is 5.93. The number of amides is 4. The first-order valence-electron chi connectivity index (χ1n) is 13.0. The number of carbonyl (C=O) groups is 5. The number of guanidine groups is 2. The summed E-state index contributed by atoms with van der Waals surface area (Å²) >= 11 is 0. The van der Waals surface area contributed by atoms with E-state index < -0.39 is 60.3 Å². The summed E-state index contributed by atoms with van der Waals surface area (Å²) in [5, 5.41) is 19.1. The second-order valence-electron chi connectivity index (χ2n) is 9.28. The second kappa shape index (κ2) is 19.0. The third-order valence-corrected chi connectivity index (χ3v) is 5.85. The Bertz CT molecular complexity index is 919. The van der Waals surface area contributed by atoms with Crippen molar-refractivity contribution in [1.82, 2.24) is 21.3 Å². The number of aliphatic carboxylic acids is 1. The van der Waals surface area contributed by atoms with Gasteiger partial charge in [0.25, 0.3) is 0 Å². The van der Waals surface area contributed by atoms with Crippen molar-refractivity contribution in [3.05, 3.63) is 0 Å². The number of nitrogens with zero attached hydrogens (tertiary/aromatic N) is 2. The molecule has 15 N–H and O–H groups in total. The summed E-state index contributed by atoms with van der Waals surface area (Å²) in [6, 6.07) is -4.17. The molecule has 0 bridgehead atoms. The Hall–Kier alpha value is -4.15. The van der Waals surface area contributed by atoms with Crippen LogP contribution in [-0.2, 0) is 24.0 Å². The number of nitrogens with two attached hydrogens (primary N) is 5. The van der Waals surface area contributed by atoms with E-state index in [9.17, 15) is 29.1 Å². The Morgan fingerprint density at radius 1 is 0.800 bits per heavy atom. The van der Waals surface area contributed by atoms with E-state index in [1.54, 1.807) is 13.8 Å². The van der Waals surface area contributed by atoms with Gasteiger partial charge in [-0.2, -0.15) is 0 Å². The molecule has 0 saturated carbocycles. The third-order valence-electron chi connectivity index (χ3n) is 5.85. The zero-order valence-corrected chi connectivity index (χ0v) is 23.3. The Morgan fingerprint density at radius 2 is 1.35 bits per heavy atom. The molecule has 228 valence electrons. The van der Waals surface area contributed by atoms with E-state index in [-0.39, 0.29) is 43.8 Å². The van der Waals surface area contributed by atoms with Crippen LogP contribution in [0.5, 0.6) is 0 Å². The van der Waals surface area contributed by atoms with Crippen LogP contribution in [0.4, 0.5) is 0 Å². The standard InChI is InChI=1S/C23H45N11O6/c1-4-12(2)17(21(39)40)34-18(36)13(3)32-16(35)11-31-20(38)15(8-6-10-30-23(27)28)33-19(37)14(24)7-5-9-29-22(25)26/h12-15,17H,4-11,24H2,1-3H3,(H,31,38)(H,32,35)(H,33,37)(H,34,36)(H,39,40)(H4,25,26,29)(H4,27,28,30)/t12-,13-,14-,15-,17-/m0/s1. The maximum absolute atomic E-state index is 12.8. The van der Waals surface area contributed by atoms with Crippen LogP contribution in [0.2, 0.25) is 0 Å². The molecule has 0 unspecified atom stereocenters. The number of rotatable bonds is 19. The quantitative estimate of drug-likeness (QED) is 0.0406. The summed E-state index contributed by atoms with van der Waals surface area (Å²) in [6.07, 6.45) is 1.69. The van der Waals surface area contributed by atoms with E-state index in [0.29, 0.717) is 19.3 Å². The van der Waals surface area contributed by atoms with E-state index in [1.165, 1.54) is 6.92 Å². The third kappa shape index (κ3) is 15.3. The van der Waals surface area contributed by atoms with Crippen molar-refractivity contribution in [3.8, 4) is 0 Å². The van der Waals surface area contributed by atoms with Crippen molar-refractivity contribution in [2.45, 2.75) is 77.0 Å². The van der Waals surface area contributed by atoms with Crippen LogP contribution in [0, 0.1) is 5.92 Å². The molecule has 0 aliphatic heterocycles. The van der Waals surface area contributed by atoms with Gasteiger partial charge in [0.15, 0.2) is 11.9 Å². The molecular weight excluding hydrogens is 526 g/mol. The molecule has 17 nitrogen and oxygen atoms in total. The second-order valence-corrected chi connectivity index (χ2v) is 9.28. The van der Waals surface area contributed by atoms with Crippen molar-refractivity contribution in [2.75, 3.05) is 19.6 Å². The van der Waals surface area contributed by atoms with Crippen molar-refractivity contribution in [3.63, 3.8) is 0 Å². The molecule has 0 heterocycles. The van der Waals surface area contributed by atoms with Gasteiger partial charge in [0.1, 0.15) is 18.1 Å². The first kappa shape index (κ1) is 35.9. The van der Waals surface area contributed by atoms with E-state index >= 15 is 0 Å². The number of hydrogen-bond donors (Lipinski definition) is 10. The van der Waals surface area contributed by atoms with Crippen LogP contribution in [0.3, 0.4) is 0 Å².